The molecule has 0 fully saturated rings. The first-order chi connectivity index (χ1) is 6.22. The summed E-state index contributed by atoms with van der Waals surface area (Å²) in [6.07, 6.45) is 2.63. The molecule has 14 heavy (non-hydrogen) atoms. The van der Waals surface area contributed by atoms with Crippen LogP contribution in [0.4, 0.5) is 0 Å². The molecular weight excluding hydrogens is 207 g/mol. The zero-order valence-electron chi connectivity index (χ0n) is 7.23. The molecule has 1 rings (SSSR count). The van der Waals surface area contributed by atoms with E-state index in [0.717, 1.165) is 17.4 Å². The molecule has 70 valence electrons. The van der Waals surface area contributed by atoms with Gasteiger partial charge in [0.15, 0.2) is 0 Å². The molecule has 0 spiro atoms. The van der Waals surface area contributed by atoms with Gasteiger partial charge in [-0.25, -0.2) is 4.79 Å². The molecule has 0 aliphatic heterocycles. The quantitative estimate of drug-likeness (QED) is 0.611. The molecule has 0 atom stereocenters. The molecule has 0 aliphatic rings. The van der Waals surface area contributed by atoms with Crippen molar-refractivity contribution in [3.8, 4) is 5.75 Å². The van der Waals surface area contributed by atoms with E-state index in [2.05, 4.69) is 0 Å². The van der Waals surface area contributed by atoms with Crippen molar-refractivity contribution < 1.29 is 14.6 Å². The Bertz CT molecular complexity index is 317. The standard InChI is InChI=1S/C10H10O3.K.H/c1-13-9-5-2-8(3-6-9)4-7-10(11)12;;/h2-7H,1H3,(H,11,12);;/b7-4+;;. The second-order valence-electron chi connectivity index (χ2n) is 2.44. The van der Waals surface area contributed by atoms with Crippen LogP contribution in [-0.2, 0) is 4.79 Å². The minimum atomic E-state index is -0.948. The summed E-state index contributed by atoms with van der Waals surface area (Å²) in [6, 6.07) is 7.14. The van der Waals surface area contributed by atoms with E-state index in [0.29, 0.717) is 0 Å². The van der Waals surface area contributed by atoms with Crippen LogP contribution >= 0.6 is 0 Å². The van der Waals surface area contributed by atoms with Gasteiger partial charge in [0.25, 0.3) is 0 Å². The average molecular weight is 218 g/mol. The molecule has 0 saturated heterocycles. The Balaban J connectivity index is 0.00000169. The van der Waals surface area contributed by atoms with E-state index >= 15 is 0 Å². The van der Waals surface area contributed by atoms with Crippen molar-refractivity contribution in [2.75, 3.05) is 7.11 Å². The Kier molecular flexibility index (Phi) is 7.13. The van der Waals surface area contributed by atoms with Crippen LogP contribution in [0.5, 0.6) is 5.75 Å². The van der Waals surface area contributed by atoms with Gasteiger partial charge < -0.3 is 9.84 Å². The van der Waals surface area contributed by atoms with Gasteiger partial charge in [-0.3, -0.25) is 0 Å². The Morgan fingerprint density at radius 3 is 2.36 bits per heavy atom. The maximum atomic E-state index is 10.2. The molecular formula is C10H11KO3. The summed E-state index contributed by atoms with van der Waals surface area (Å²) >= 11 is 0. The van der Waals surface area contributed by atoms with Crippen molar-refractivity contribution in [2.45, 2.75) is 0 Å². The van der Waals surface area contributed by atoms with Crippen molar-refractivity contribution in [1.29, 1.82) is 0 Å². The predicted molar refractivity (Wildman–Crippen MR) is 56.8 cm³/mol. The van der Waals surface area contributed by atoms with Gasteiger partial charge in [-0.1, -0.05) is 12.1 Å². The Morgan fingerprint density at radius 2 is 1.93 bits per heavy atom. The summed E-state index contributed by atoms with van der Waals surface area (Å²) in [5.74, 6) is -0.191. The number of carbonyl (C=O) groups is 1. The second-order valence-corrected chi connectivity index (χ2v) is 2.44. The molecule has 0 aliphatic carbocycles. The maximum absolute atomic E-state index is 10.2. The number of ether oxygens (including phenoxy) is 1. The molecule has 0 amide bonds. The first-order valence-electron chi connectivity index (χ1n) is 3.77. The number of benzene rings is 1. The summed E-state index contributed by atoms with van der Waals surface area (Å²) < 4.78 is 4.95. The summed E-state index contributed by atoms with van der Waals surface area (Å²) in [5.41, 5.74) is 0.836. The van der Waals surface area contributed by atoms with Crippen LogP contribution in [0.3, 0.4) is 0 Å². The molecule has 4 heteroatoms. The van der Waals surface area contributed by atoms with Crippen molar-refractivity contribution in [3.05, 3.63) is 35.9 Å². The van der Waals surface area contributed by atoms with Crippen LogP contribution in [-0.4, -0.2) is 69.6 Å². The molecule has 3 nitrogen and oxygen atoms in total. The first-order valence-corrected chi connectivity index (χ1v) is 3.77. The predicted octanol–water partition coefficient (Wildman–Crippen LogP) is 1.14. The van der Waals surface area contributed by atoms with Gasteiger partial charge >= 0.3 is 57.4 Å². The molecule has 1 aromatic carbocycles. The van der Waals surface area contributed by atoms with Crippen LogP contribution in [0.2, 0.25) is 0 Å². The summed E-state index contributed by atoms with van der Waals surface area (Å²) in [6.45, 7) is 0. The van der Waals surface area contributed by atoms with Gasteiger partial charge in [-0.2, -0.15) is 0 Å². The number of carboxylic acid groups (broad SMARTS) is 1. The molecule has 0 unspecified atom stereocenters. The zero-order valence-corrected chi connectivity index (χ0v) is 7.23. The number of carboxylic acids is 1. The zero-order chi connectivity index (χ0) is 9.68. The minimum absolute atomic E-state index is 0. The molecule has 0 radical (unpaired) electrons. The van der Waals surface area contributed by atoms with E-state index in [1.807, 2.05) is 0 Å². The normalized spacial score (nSPS) is 9.50. The van der Waals surface area contributed by atoms with Gasteiger partial charge in [0.05, 0.1) is 7.11 Å². The van der Waals surface area contributed by atoms with Crippen molar-refractivity contribution in [3.63, 3.8) is 0 Å². The van der Waals surface area contributed by atoms with Gasteiger partial charge in [-0.05, 0) is 23.8 Å². The second kappa shape index (κ2) is 7.20. The summed E-state index contributed by atoms with van der Waals surface area (Å²) in [4.78, 5) is 10.2. The number of hydrogen-bond acceptors (Lipinski definition) is 2. The van der Waals surface area contributed by atoms with E-state index < -0.39 is 5.97 Å². The third kappa shape index (κ3) is 4.93. The number of aliphatic carboxylic acids is 1. The Labute approximate surface area is 125 Å². The molecule has 0 bridgehead atoms. The molecule has 1 N–H and O–H groups in total. The molecule has 1 aromatic rings. The van der Waals surface area contributed by atoms with Gasteiger partial charge in [0.2, 0.25) is 0 Å². The fraction of sp³-hybridized carbons (Fsp3) is 0.100. The third-order valence-electron chi connectivity index (χ3n) is 1.53. The van der Waals surface area contributed by atoms with E-state index in [4.69, 9.17) is 9.84 Å². The van der Waals surface area contributed by atoms with Crippen LogP contribution < -0.4 is 4.74 Å². The fourth-order valence-corrected chi connectivity index (χ4v) is 0.883. The van der Waals surface area contributed by atoms with E-state index in [1.54, 1.807) is 31.4 Å². The van der Waals surface area contributed by atoms with E-state index in [9.17, 15) is 4.79 Å². The van der Waals surface area contributed by atoms with Crippen LogP contribution in [0.15, 0.2) is 30.3 Å². The first kappa shape index (κ1) is 13.9. The third-order valence-corrected chi connectivity index (χ3v) is 1.53. The van der Waals surface area contributed by atoms with E-state index in [1.165, 1.54) is 6.08 Å². The number of rotatable bonds is 3. The number of methoxy groups -OCH3 is 1. The van der Waals surface area contributed by atoms with Gasteiger partial charge in [0.1, 0.15) is 5.75 Å². The molecule has 0 saturated carbocycles. The summed E-state index contributed by atoms with van der Waals surface area (Å²) in [7, 11) is 1.59. The van der Waals surface area contributed by atoms with Crippen LogP contribution in [0, 0.1) is 0 Å². The number of hydrogen-bond donors (Lipinski definition) is 1. The van der Waals surface area contributed by atoms with Crippen LogP contribution in [0.1, 0.15) is 5.56 Å². The summed E-state index contributed by atoms with van der Waals surface area (Å²) in [5, 5.41) is 8.36. The molecule has 0 aromatic heterocycles. The Hall–Kier alpha value is -0.134. The van der Waals surface area contributed by atoms with Crippen molar-refractivity contribution in [1.82, 2.24) is 0 Å². The average Bonchev–Trinajstić information content (AvgIpc) is 2.15. The van der Waals surface area contributed by atoms with Crippen molar-refractivity contribution in [2.24, 2.45) is 0 Å². The van der Waals surface area contributed by atoms with Crippen LogP contribution in [0.25, 0.3) is 6.08 Å². The molecule has 0 heterocycles. The monoisotopic (exact) mass is 218 g/mol. The van der Waals surface area contributed by atoms with E-state index in [-0.39, 0.29) is 51.4 Å². The topological polar surface area (TPSA) is 46.5 Å². The van der Waals surface area contributed by atoms with Crippen molar-refractivity contribution >= 4 is 63.4 Å². The fourth-order valence-electron chi connectivity index (χ4n) is 0.883. The Morgan fingerprint density at radius 1 is 1.36 bits per heavy atom. The SMILES string of the molecule is COc1ccc(/C=C/C(=O)O)cc1.[KH]. The van der Waals surface area contributed by atoms with Gasteiger partial charge in [-0.15, -0.1) is 0 Å². The van der Waals surface area contributed by atoms with Gasteiger partial charge in [0, 0.05) is 6.08 Å².